The van der Waals surface area contributed by atoms with E-state index >= 15 is 0 Å². The van der Waals surface area contributed by atoms with Crippen molar-refractivity contribution in [2.45, 2.75) is 65.6 Å². The summed E-state index contributed by atoms with van der Waals surface area (Å²) < 4.78 is 5.74. The van der Waals surface area contributed by atoms with E-state index in [2.05, 4.69) is 37.1 Å². The van der Waals surface area contributed by atoms with Crippen molar-refractivity contribution in [2.75, 3.05) is 13.1 Å². The van der Waals surface area contributed by atoms with Gasteiger partial charge in [0.1, 0.15) is 5.76 Å². The first-order chi connectivity index (χ1) is 9.70. The van der Waals surface area contributed by atoms with Gasteiger partial charge in [-0.1, -0.05) is 27.2 Å². The van der Waals surface area contributed by atoms with Crippen LogP contribution in [0, 0.1) is 5.92 Å². The van der Waals surface area contributed by atoms with Crippen LogP contribution in [0.15, 0.2) is 16.7 Å². The van der Waals surface area contributed by atoms with Gasteiger partial charge in [0.05, 0.1) is 12.8 Å². The summed E-state index contributed by atoms with van der Waals surface area (Å²) in [6, 6.07) is 2.86. The van der Waals surface area contributed by atoms with Gasteiger partial charge in [-0.3, -0.25) is 4.90 Å². The monoisotopic (exact) mass is 278 g/mol. The third-order valence-electron chi connectivity index (χ3n) is 4.27. The van der Waals surface area contributed by atoms with Crippen molar-refractivity contribution in [3.63, 3.8) is 0 Å². The second kappa shape index (κ2) is 7.84. The lowest BCUT2D eigenvalue weighted by Gasteiger charge is -2.34. The molecule has 1 aromatic rings. The Bertz CT molecular complexity index is 386. The van der Waals surface area contributed by atoms with Gasteiger partial charge in [-0.05, 0) is 44.3 Å². The molecule has 20 heavy (non-hydrogen) atoms. The van der Waals surface area contributed by atoms with Crippen molar-refractivity contribution in [2.24, 2.45) is 5.92 Å². The Kier molecular flexibility index (Phi) is 6.11. The molecular formula is C17H30N2O. The number of nitrogens with zero attached hydrogens (tertiary/aromatic N) is 1. The van der Waals surface area contributed by atoms with E-state index in [1.807, 2.05) is 6.26 Å². The molecule has 3 heteroatoms. The van der Waals surface area contributed by atoms with Gasteiger partial charge in [0, 0.05) is 18.2 Å². The normalized spacial score (nSPS) is 20.7. The van der Waals surface area contributed by atoms with Gasteiger partial charge in [0.25, 0.3) is 0 Å². The highest BCUT2D eigenvalue weighted by Crippen LogP contribution is 2.23. The van der Waals surface area contributed by atoms with Gasteiger partial charge in [-0.2, -0.15) is 0 Å². The summed E-state index contributed by atoms with van der Waals surface area (Å²) in [6.45, 7) is 11.0. The van der Waals surface area contributed by atoms with Crippen LogP contribution in [0.2, 0.25) is 0 Å². The molecule has 2 rings (SSSR count). The molecular weight excluding hydrogens is 248 g/mol. The zero-order chi connectivity index (χ0) is 14.4. The minimum Gasteiger partial charge on any atom is -0.468 e. The van der Waals surface area contributed by atoms with Gasteiger partial charge < -0.3 is 9.73 Å². The van der Waals surface area contributed by atoms with Crippen molar-refractivity contribution < 1.29 is 4.42 Å². The average molecular weight is 278 g/mol. The summed E-state index contributed by atoms with van der Waals surface area (Å²) >= 11 is 0. The predicted octanol–water partition coefficient (Wildman–Crippen LogP) is 3.79. The van der Waals surface area contributed by atoms with Gasteiger partial charge in [-0.25, -0.2) is 0 Å². The van der Waals surface area contributed by atoms with Crippen molar-refractivity contribution in [3.05, 3.63) is 23.7 Å². The molecule has 2 heterocycles. The number of likely N-dealkylation sites (tertiary alicyclic amines) is 1. The van der Waals surface area contributed by atoms with Crippen molar-refractivity contribution in [1.29, 1.82) is 0 Å². The highest BCUT2D eigenvalue weighted by atomic mass is 16.3. The molecule has 1 fully saturated rings. The van der Waals surface area contributed by atoms with Crippen molar-refractivity contribution in [1.82, 2.24) is 10.2 Å². The summed E-state index contributed by atoms with van der Waals surface area (Å²) in [7, 11) is 0. The molecule has 0 aromatic carbocycles. The van der Waals surface area contributed by atoms with Crippen LogP contribution in [0.3, 0.4) is 0 Å². The third-order valence-corrected chi connectivity index (χ3v) is 4.27. The lowest BCUT2D eigenvalue weighted by atomic mass is 9.99. The van der Waals surface area contributed by atoms with Gasteiger partial charge >= 0.3 is 0 Å². The maximum Gasteiger partial charge on any atom is 0.122 e. The molecule has 1 aromatic heterocycles. The van der Waals surface area contributed by atoms with Crippen LogP contribution in [0.4, 0.5) is 0 Å². The van der Waals surface area contributed by atoms with Gasteiger partial charge in [0.15, 0.2) is 0 Å². The molecule has 0 aliphatic carbocycles. The van der Waals surface area contributed by atoms with Crippen molar-refractivity contribution in [3.8, 4) is 0 Å². The summed E-state index contributed by atoms with van der Waals surface area (Å²) in [6.07, 6.45) is 7.15. The third kappa shape index (κ3) is 4.35. The quantitative estimate of drug-likeness (QED) is 0.822. The Balaban J connectivity index is 1.90. The van der Waals surface area contributed by atoms with Crippen molar-refractivity contribution >= 4 is 0 Å². The minimum atomic E-state index is 0.692. The molecule has 1 saturated heterocycles. The van der Waals surface area contributed by atoms with Crippen LogP contribution in [-0.4, -0.2) is 24.0 Å². The molecule has 1 aliphatic rings. The molecule has 1 unspecified atom stereocenters. The minimum absolute atomic E-state index is 0.692. The molecule has 114 valence electrons. The Labute approximate surface area is 123 Å². The molecule has 0 saturated carbocycles. The summed E-state index contributed by atoms with van der Waals surface area (Å²) in [5.41, 5.74) is 1.33. The first-order valence-corrected chi connectivity index (χ1v) is 8.20. The largest absolute Gasteiger partial charge is 0.468 e. The summed E-state index contributed by atoms with van der Waals surface area (Å²) in [5, 5.41) is 3.51. The number of hydrogen-bond acceptors (Lipinski definition) is 3. The Hall–Kier alpha value is -0.800. The SMILES string of the molecule is CCC1CCCCN1Cc1occc1CNCC(C)C. The van der Waals surface area contributed by atoms with Crippen LogP contribution >= 0.6 is 0 Å². The standard InChI is InChI=1S/C17H30N2O/c1-4-16-7-5-6-9-19(16)13-17-15(8-10-20-17)12-18-11-14(2)3/h8,10,14,16,18H,4-7,9,11-13H2,1-3H3. The molecule has 1 atom stereocenters. The van der Waals surface area contributed by atoms with Gasteiger partial charge in [0.2, 0.25) is 0 Å². The number of furan rings is 1. The average Bonchev–Trinajstić information content (AvgIpc) is 2.86. The second-order valence-electron chi connectivity index (χ2n) is 6.42. The lowest BCUT2D eigenvalue weighted by Crippen LogP contribution is -2.38. The highest BCUT2D eigenvalue weighted by molar-refractivity contribution is 5.17. The Morgan fingerprint density at radius 2 is 2.25 bits per heavy atom. The van der Waals surface area contributed by atoms with E-state index in [1.165, 1.54) is 37.8 Å². The number of hydrogen-bond donors (Lipinski definition) is 1. The van der Waals surface area contributed by atoms with E-state index < -0.39 is 0 Å². The van der Waals surface area contributed by atoms with E-state index in [9.17, 15) is 0 Å². The van der Waals surface area contributed by atoms with E-state index in [0.29, 0.717) is 5.92 Å². The number of rotatable bonds is 7. The van der Waals surface area contributed by atoms with Crippen LogP contribution in [0.5, 0.6) is 0 Å². The molecule has 0 radical (unpaired) electrons. The Morgan fingerprint density at radius 3 is 3.00 bits per heavy atom. The molecule has 0 spiro atoms. The second-order valence-corrected chi connectivity index (χ2v) is 6.42. The molecule has 0 amide bonds. The predicted molar refractivity (Wildman–Crippen MR) is 83.6 cm³/mol. The smallest absolute Gasteiger partial charge is 0.122 e. The fraction of sp³-hybridized carbons (Fsp3) is 0.765. The van der Waals surface area contributed by atoms with Crippen LogP contribution in [0.25, 0.3) is 0 Å². The molecule has 0 bridgehead atoms. The first kappa shape index (κ1) is 15.6. The van der Waals surface area contributed by atoms with Crippen LogP contribution in [-0.2, 0) is 13.1 Å². The highest BCUT2D eigenvalue weighted by Gasteiger charge is 2.22. The lowest BCUT2D eigenvalue weighted by molar-refractivity contribution is 0.126. The maximum absolute atomic E-state index is 5.74. The Morgan fingerprint density at radius 1 is 1.40 bits per heavy atom. The summed E-state index contributed by atoms with van der Waals surface area (Å²) in [5.74, 6) is 1.85. The molecule has 1 N–H and O–H groups in total. The van der Waals surface area contributed by atoms with Crippen LogP contribution in [0.1, 0.15) is 57.8 Å². The van der Waals surface area contributed by atoms with E-state index in [4.69, 9.17) is 4.42 Å². The zero-order valence-electron chi connectivity index (χ0n) is 13.3. The van der Waals surface area contributed by atoms with E-state index in [1.54, 1.807) is 0 Å². The van der Waals surface area contributed by atoms with E-state index in [-0.39, 0.29) is 0 Å². The number of piperidine rings is 1. The molecule has 1 aliphatic heterocycles. The van der Waals surface area contributed by atoms with E-state index in [0.717, 1.165) is 31.4 Å². The maximum atomic E-state index is 5.74. The summed E-state index contributed by atoms with van der Waals surface area (Å²) in [4.78, 5) is 2.61. The molecule has 3 nitrogen and oxygen atoms in total. The number of nitrogens with one attached hydrogen (secondary N) is 1. The first-order valence-electron chi connectivity index (χ1n) is 8.20. The topological polar surface area (TPSA) is 28.4 Å². The zero-order valence-corrected chi connectivity index (χ0v) is 13.3. The van der Waals surface area contributed by atoms with Crippen LogP contribution < -0.4 is 5.32 Å². The fourth-order valence-corrected chi connectivity index (χ4v) is 3.07. The fourth-order valence-electron chi connectivity index (χ4n) is 3.07. The van der Waals surface area contributed by atoms with Gasteiger partial charge in [-0.15, -0.1) is 0 Å².